The van der Waals surface area contributed by atoms with Gasteiger partial charge in [-0.25, -0.2) is 0 Å². The molecule has 2 N–H and O–H groups in total. The number of rotatable bonds is 2. The van der Waals surface area contributed by atoms with E-state index in [4.69, 9.17) is 5.73 Å². The molecule has 4 nitrogen and oxygen atoms in total. The van der Waals surface area contributed by atoms with Crippen molar-refractivity contribution in [2.75, 3.05) is 31.9 Å². The molecule has 20 heavy (non-hydrogen) atoms. The zero-order valence-electron chi connectivity index (χ0n) is 11.9. The second-order valence-corrected chi connectivity index (χ2v) is 5.95. The van der Waals surface area contributed by atoms with Gasteiger partial charge in [-0.2, -0.15) is 0 Å². The maximum Gasteiger partial charge on any atom is 0.227 e. The molecule has 0 radical (unpaired) electrons. The first kappa shape index (κ1) is 13.4. The predicted molar refractivity (Wildman–Crippen MR) is 80.4 cm³/mol. The lowest BCUT2D eigenvalue weighted by Crippen LogP contribution is -2.40. The first-order chi connectivity index (χ1) is 9.72. The van der Waals surface area contributed by atoms with Gasteiger partial charge in [0, 0.05) is 31.4 Å². The van der Waals surface area contributed by atoms with Crippen LogP contribution < -0.4 is 5.73 Å². The highest BCUT2D eigenvalue weighted by molar-refractivity contribution is 5.79. The van der Waals surface area contributed by atoms with Gasteiger partial charge in [-0.1, -0.05) is 12.1 Å². The fourth-order valence-corrected chi connectivity index (χ4v) is 3.42. The first-order valence-electron chi connectivity index (χ1n) is 7.58. The van der Waals surface area contributed by atoms with Gasteiger partial charge >= 0.3 is 0 Å². The molecule has 1 aromatic carbocycles. The van der Waals surface area contributed by atoms with E-state index in [-0.39, 0.29) is 5.91 Å². The lowest BCUT2D eigenvalue weighted by Gasteiger charge is -2.25. The van der Waals surface area contributed by atoms with Crippen LogP contribution in [-0.4, -0.2) is 47.9 Å². The Morgan fingerprint density at radius 2 is 2.10 bits per heavy atom. The second-order valence-electron chi connectivity index (χ2n) is 5.95. The Balaban J connectivity index is 1.64. The molecule has 3 rings (SSSR count). The Morgan fingerprint density at radius 3 is 2.95 bits per heavy atom. The Morgan fingerprint density at radius 1 is 1.25 bits per heavy atom. The Kier molecular flexibility index (Phi) is 3.92. The van der Waals surface area contributed by atoms with Crippen molar-refractivity contribution in [3.63, 3.8) is 0 Å². The molecule has 0 bridgehead atoms. The largest absolute Gasteiger partial charge is 0.399 e. The summed E-state index contributed by atoms with van der Waals surface area (Å²) in [4.78, 5) is 17.1. The third-order valence-corrected chi connectivity index (χ3v) is 4.46. The molecule has 2 aliphatic rings. The van der Waals surface area contributed by atoms with Crippen LogP contribution in [0.4, 0.5) is 5.69 Å². The van der Waals surface area contributed by atoms with Gasteiger partial charge < -0.3 is 10.6 Å². The van der Waals surface area contributed by atoms with Crippen LogP contribution in [0.15, 0.2) is 24.3 Å². The summed E-state index contributed by atoms with van der Waals surface area (Å²) in [5, 5.41) is 0. The molecule has 1 atom stereocenters. The van der Waals surface area contributed by atoms with Crippen molar-refractivity contribution >= 4 is 11.6 Å². The zero-order valence-corrected chi connectivity index (χ0v) is 11.9. The monoisotopic (exact) mass is 273 g/mol. The highest BCUT2D eigenvalue weighted by Gasteiger charge is 2.30. The number of anilines is 1. The number of nitrogen functional groups attached to an aromatic ring is 1. The average molecular weight is 273 g/mol. The molecule has 4 heteroatoms. The molecule has 2 heterocycles. The summed E-state index contributed by atoms with van der Waals surface area (Å²) >= 11 is 0. The topological polar surface area (TPSA) is 49.6 Å². The van der Waals surface area contributed by atoms with Gasteiger partial charge in [0.05, 0.1) is 6.42 Å². The van der Waals surface area contributed by atoms with E-state index < -0.39 is 0 Å². The Bertz CT molecular complexity index is 488. The molecule has 2 saturated heterocycles. The Labute approximate surface area is 120 Å². The van der Waals surface area contributed by atoms with E-state index in [0.717, 1.165) is 37.3 Å². The number of carbonyl (C=O) groups excluding carboxylic acids is 1. The van der Waals surface area contributed by atoms with E-state index in [1.54, 1.807) is 0 Å². The van der Waals surface area contributed by atoms with E-state index in [1.165, 1.54) is 19.4 Å². The molecule has 0 aromatic heterocycles. The van der Waals surface area contributed by atoms with Gasteiger partial charge in [0.1, 0.15) is 0 Å². The lowest BCUT2D eigenvalue weighted by atomic mass is 10.1. The summed E-state index contributed by atoms with van der Waals surface area (Å²) in [7, 11) is 0. The summed E-state index contributed by atoms with van der Waals surface area (Å²) in [6.45, 7) is 4.16. The first-order valence-corrected chi connectivity index (χ1v) is 7.58. The van der Waals surface area contributed by atoms with Crippen LogP contribution in [0.5, 0.6) is 0 Å². The van der Waals surface area contributed by atoms with Crippen LogP contribution in [0, 0.1) is 0 Å². The number of nitrogens with zero attached hydrogens (tertiary/aromatic N) is 2. The third-order valence-electron chi connectivity index (χ3n) is 4.46. The van der Waals surface area contributed by atoms with Crippen molar-refractivity contribution in [2.24, 2.45) is 0 Å². The van der Waals surface area contributed by atoms with Crippen LogP contribution in [0.2, 0.25) is 0 Å². The minimum atomic E-state index is 0.240. The normalized spacial score (nSPS) is 23.4. The zero-order chi connectivity index (χ0) is 13.9. The predicted octanol–water partition coefficient (Wildman–Crippen LogP) is 1.51. The lowest BCUT2D eigenvalue weighted by molar-refractivity contribution is -0.130. The highest BCUT2D eigenvalue weighted by Crippen LogP contribution is 2.21. The third kappa shape index (κ3) is 2.96. The Hall–Kier alpha value is -1.55. The molecule has 2 aliphatic heterocycles. The minimum absolute atomic E-state index is 0.240. The number of carbonyl (C=O) groups is 1. The fourth-order valence-electron chi connectivity index (χ4n) is 3.42. The van der Waals surface area contributed by atoms with Crippen molar-refractivity contribution in [2.45, 2.75) is 31.7 Å². The quantitative estimate of drug-likeness (QED) is 0.831. The molecule has 0 aliphatic carbocycles. The van der Waals surface area contributed by atoms with E-state index in [2.05, 4.69) is 9.80 Å². The molecular weight excluding hydrogens is 250 g/mol. The summed E-state index contributed by atoms with van der Waals surface area (Å²) in [6.07, 6.45) is 4.08. The molecular formula is C16H23N3O. The van der Waals surface area contributed by atoms with Crippen LogP contribution >= 0.6 is 0 Å². The van der Waals surface area contributed by atoms with Gasteiger partial charge in [-0.15, -0.1) is 0 Å². The van der Waals surface area contributed by atoms with Crippen LogP contribution in [0.1, 0.15) is 24.8 Å². The number of hydrogen-bond acceptors (Lipinski definition) is 3. The molecule has 108 valence electrons. The molecule has 2 fully saturated rings. The smallest absolute Gasteiger partial charge is 0.227 e. The highest BCUT2D eigenvalue weighted by atomic mass is 16.2. The van der Waals surface area contributed by atoms with Gasteiger partial charge in [0.2, 0.25) is 5.91 Å². The molecule has 1 aromatic rings. The number of benzene rings is 1. The van der Waals surface area contributed by atoms with Crippen molar-refractivity contribution in [3.05, 3.63) is 29.8 Å². The van der Waals surface area contributed by atoms with Crippen LogP contribution in [0.25, 0.3) is 0 Å². The molecule has 1 unspecified atom stereocenters. The number of amides is 1. The maximum absolute atomic E-state index is 12.5. The van der Waals surface area contributed by atoms with E-state index in [9.17, 15) is 4.79 Å². The van der Waals surface area contributed by atoms with Crippen LogP contribution in [-0.2, 0) is 11.2 Å². The summed E-state index contributed by atoms with van der Waals surface area (Å²) < 4.78 is 0. The number of nitrogens with two attached hydrogens (primary N) is 1. The van der Waals surface area contributed by atoms with Crippen molar-refractivity contribution < 1.29 is 4.79 Å². The van der Waals surface area contributed by atoms with Crippen molar-refractivity contribution in [1.29, 1.82) is 0 Å². The van der Waals surface area contributed by atoms with Crippen molar-refractivity contribution in [1.82, 2.24) is 9.80 Å². The summed E-state index contributed by atoms with van der Waals surface area (Å²) in [5.41, 5.74) is 7.52. The van der Waals surface area contributed by atoms with E-state index >= 15 is 0 Å². The van der Waals surface area contributed by atoms with Gasteiger partial charge in [-0.05, 0) is 43.5 Å². The number of fused-ring (bicyclic) bond motifs is 1. The minimum Gasteiger partial charge on any atom is -0.399 e. The molecule has 0 spiro atoms. The number of hydrogen-bond donors (Lipinski definition) is 1. The maximum atomic E-state index is 12.5. The summed E-state index contributed by atoms with van der Waals surface area (Å²) in [5.74, 6) is 0.240. The molecule has 1 amide bonds. The van der Waals surface area contributed by atoms with Gasteiger partial charge in [0.15, 0.2) is 0 Å². The van der Waals surface area contributed by atoms with E-state index in [0.29, 0.717) is 12.5 Å². The van der Waals surface area contributed by atoms with Gasteiger partial charge in [-0.3, -0.25) is 9.69 Å². The standard InChI is InChI=1S/C16H23N3O/c17-14-5-1-4-13(10-14)11-16(20)19-9-3-8-18-7-2-6-15(18)12-19/h1,4-5,10,15H,2-3,6-9,11-12,17H2. The van der Waals surface area contributed by atoms with Crippen LogP contribution in [0.3, 0.4) is 0 Å². The van der Waals surface area contributed by atoms with Crippen molar-refractivity contribution in [3.8, 4) is 0 Å². The SMILES string of the molecule is Nc1cccc(CC(=O)N2CCCN3CCCC3C2)c1. The fraction of sp³-hybridized carbons (Fsp3) is 0.562. The second kappa shape index (κ2) is 5.83. The summed E-state index contributed by atoms with van der Waals surface area (Å²) in [6, 6.07) is 8.24. The molecule has 0 saturated carbocycles. The average Bonchev–Trinajstić information content (AvgIpc) is 2.76. The van der Waals surface area contributed by atoms with E-state index in [1.807, 2.05) is 24.3 Å². The van der Waals surface area contributed by atoms with Gasteiger partial charge in [0.25, 0.3) is 0 Å².